The molecule has 0 atom stereocenters. The minimum absolute atomic E-state index is 0.365. The van der Waals surface area contributed by atoms with E-state index in [-0.39, 0.29) is 0 Å². The van der Waals surface area contributed by atoms with E-state index in [2.05, 4.69) is 26.9 Å². The first-order valence-corrected chi connectivity index (χ1v) is 6.51. The second kappa shape index (κ2) is 5.52. The van der Waals surface area contributed by atoms with Crippen LogP contribution >= 0.6 is 15.9 Å². The second-order valence-electron chi connectivity index (χ2n) is 4.20. The van der Waals surface area contributed by atoms with Crippen LogP contribution in [0.15, 0.2) is 22.7 Å². The summed E-state index contributed by atoms with van der Waals surface area (Å²) < 4.78 is 6.37. The molecule has 1 aromatic rings. The molecule has 2 rings (SSSR count). The lowest BCUT2D eigenvalue weighted by atomic mass is 10.1. The third kappa shape index (κ3) is 2.80. The van der Waals surface area contributed by atoms with Crippen LogP contribution in [0, 0.1) is 11.3 Å². The lowest BCUT2D eigenvalue weighted by molar-refractivity contribution is 0.0819. The zero-order valence-corrected chi connectivity index (χ0v) is 11.4. The average molecular weight is 295 g/mol. The van der Waals surface area contributed by atoms with Gasteiger partial charge >= 0.3 is 0 Å². The highest BCUT2D eigenvalue weighted by Crippen LogP contribution is 2.27. The summed E-state index contributed by atoms with van der Waals surface area (Å²) in [5.41, 5.74) is 1.76. The minimum Gasteiger partial charge on any atom is -0.381 e. The van der Waals surface area contributed by atoms with E-state index in [0.717, 1.165) is 41.7 Å². The van der Waals surface area contributed by atoms with Gasteiger partial charge in [-0.15, -0.1) is 0 Å². The van der Waals surface area contributed by atoms with Crippen LogP contribution in [0.2, 0.25) is 0 Å². The first-order chi connectivity index (χ1) is 8.24. The van der Waals surface area contributed by atoms with Gasteiger partial charge in [0.15, 0.2) is 0 Å². The number of hydrogen-bond donors (Lipinski definition) is 0. The smallest absolute Gasteiger partial charge is 0.101 e. The van der Waals surface area contributed by atoms with Crippen LogP contribution in [0.5, 0.6) is 0 Å². The zero-order valence-electron chi connectivity index (χ0n) is 9.82. The monoisotopic (exact) mass is 294 g/mol. The molecular weight excluding hydrogens is 280 g/mol. The fraction of sp³-hybridized carbons (Fsp3) is 0.462. The molecule has 1 aliphatic rings. The third-order valence-electron chi connectivity index (χ3n) is 3.20. The van der Waals surface area contributed by atoms with E-state index in [9.17, 15) is 0 Å². The Hall–Kier alpha value is -1.05. The molecule has 0 radical (unpaired) electrons. The minimum atomic E-state index is 0.365. The number of hydrogen-bond acceptors (Lipinski definition) is 3. The van der Waals surface area contributed by atoms with Gasteiger partial charge in [0.25, 0.3) is 0 Å². The molecule has 3 nitrogen and oxygen atoms in total. The highest BCUT2D eigenvalue weighted by atomic mass is 79.9. The lowest BCUT2D eigenvalue weighted by Gasteiger charge is -2.33. The predicted octanol–water partition coefficient (Wildman–Crippen LogP) is 2.94. The van der Waals surface area contributed by atoms with Crippen molar-refractivity contribution >= 4 is 21.6 Å². The van der Waals surface area contributed by atoms with Crippen molar-refractivity contribution in [3.05, 3.63) is 28.2 Å². The molecule has 0 bridgehead atoms. The number of nitriles is 1. The first-order valence-electron chi connectivity index (χ1n) is 5.72. The Morgan fingerprint density at radius 3 is 2.71 bits per heavy atom. The summed E-state index contributed by atoms with van der Waals surface area (Å²) >= 11 is 3.46. The number of methoxy groups -OCH3 is 1. The molecule has 1 saturated heterocycles. The van der Waals surface area contributed by atoms with Crippen LogP contribution in [0.4, 0.5) is 5.69 Å². The van der Waals surface area contributed by atoms with E-state index in [0.29, 0.717) is 6.10 Å². The third-order valence-corrected chi connectivity index (χ3v) is 3.69. The molecule has 90 valence electrons. The van der Waals surface area contributed by atoms with Crippen molar-refractivity contribution in [3.8, 4) is 6.07 Å². The van der Waals surface area contributed by atoms with E-state index in [4.69, 9.17) is 10.00 Å². The van der Waals surface area contributed by atoms with Gasteiger partial charge in [-0.25, -0.2) is 0 Å². The van der Waals surface area contributed by atoms with Crippen molar-refractivity contribution in [2.24, 2.45) is 0 Å². The molecule has 17 heavy (non-hydrogen) atoms. The van der Waals surface area contributed by atoms with Crippen LogP contribution in [-0.4, -0.2) is 26.3 Å². The summed E-state index contributed by atoms with van der Waals surface area (Å²) in [7, 11) is 1.76. The molecule has 4 heteroatoms. The molecule has 1 aliphatic heterocycles. The number of ether oxygens (including phenoxy) is 1. The number of rotatable bonds is 2. The van der Waals surface area contributed by atoms with Crippen molar-refractivity contribution in [2.45, 2.75) is 18.9 Å². The van der Waals surface area contributed by atoms with Gasteiger partial charge in [-0.1, -0.05) is 15.9 Å². The van der Waals surface area contributed by atoms with E-state index in [1.807, 2.05) is 18.2 Å². The van der Waals surface area contributed by atoms with Crippen molar-refractivity contribution < 1.29 is 4.74 Å². The Morgan fingerprint density at radius 2 is 2.12 bits per heavy atom. The summed E-state index contributed by atoms with van der Waals surface area (Å²) in [5.74, 6) is 0. The molecule has 0 aromatic heterocycles. The van der Waals surface area contributed by atoms with E-state index in [1.54, 1.807) is 7.11 Å². The number of anilines is 1. The van der Waals surface area contributed by atoms with Crippen LogP contribution < -0.4 is 4.90 Å². The molecule has 0 unspecified atom stereocenters. The van der Waals surface area contributed by atoms with E-state index < -0.39 is 0 Å². The van der Waals surface area contributed by atoms with Gasteiger partial charge in [-0.3, -0.25) is 0 Å². The van der Waals surface area contributed by atoms with Gasteiger partial charge in [0.1, 0.15) is 6.07 Å². The molecule has 0 amide bonds. The molecule has 0 spiro atoms. The quantitative estimate of drug-likeness (QED) is 0.841. The van der Waals surface area contributed by atoms with Gasteiger partial charge in [0.2, 0.25) is 0 Å². The van der Waals surface area contributed by atoms with Crippen molar-refractivity contribution in [1.29, 1.82) is 5.26 Å². The Kier molecular flexibility index (Phi) is 4.03. The first kappa shape index (κ1) is 12.4. The second-order valence-corrected chi connectivity index (χ2v) is 5.11. The number of benzene rings is 1. The van der Waals surface area contributed by atoms with Crippen LogP contribution in [0.25, 0.3) is 0 Å². The molecule has 1 aromatic carbocycles. The molecule has 0 saturated carbocycles. The number of nitrogens with zero attached hydrogens (tertiary/aromatic N) is 2. The standard InChI is InChI=1S/C13H15BrN2O/c1-17-12-4-6-16(7-5-12)13-8-11(14)3-2-10(13)9-15/h2-3,8,12H,4-7H2,1H3. The summed E-state index contributed by atoms with van der Waals surface area (Å²) in [6.07, 6.45) is 2.41. The number of halogens is 1. The Labute approximate surface area is 110 Å². The van der Waals surface area contributed by atoms with Gasteiger partial charge in [-0.2, -0.15) is 5.26 Å². The van der Waals surface area contributed by atoms with E-state index >= 15 is 0 Å². The van der Waals surface area contributed by atoms with E-state index in [1.165, 1.54) is 0 Å². The summed E-state index contributed by atoms with van der Waals surface area (Å²) in [6, 6.07) is 8.04. The highest BCUT2D eigenvalue weighted by Gasteiger charge is 2.20. The largest absolute Gasteiger partial charge is 0.381 e. The maximum atomic E-state index is 9.12. The maximum absolute atomic E-state index is 9.12. The maximum Gasteiger partial charge on any atom is 0.101 e. The Bertz CT molecular complexity index is 434. The van der Waals surface area contributed by atoms with Crippen molar-refractivity contribution in [3.63, 3.8) is 0 Å². The van der Waals surface area contributed by atoms with Crippen molar-refractivity contribution in [1.82, 2.24) is 0 Å². The fourth-order valence-electron chi connectivity index (χ4n) is 2.19. The summed E-state index contributed by atoms with van der Waals surface area (Å²) in [5, 5.41) is 9.12. The van der Waals surface area contributed by atoms with Crippen molar-refractivity contribution in [2.75, 3.05) is 25.1 Å². The molecule has 0 aliphatic carbocycles. The molecular formula is C13H15BrN2O. The Morgan fingerprint density at radius 1 is 1.41 bits per heavy atom. The van der Waals surface area contributed by atoms with Gasteiger partial charge in [0.05, 0.1) is 17.4 Å². The molecule has 0 N–H and O–H groups in total. The fourth-order valence-corrected chi connectivity index (χ4v) is 2.54. The topological polar surface area (TPSA) is 36.3 Å². The summed E-state index contributed by atoms with van der Waals surface area (Å²) in [6.45, 7) is 1.90. The molecule has 1 fully saturated rings. The van der Waals surface area contributed by atoms with Crippen LogP contribution in [-0.2, 0) is 4.74 Å². The van der Waals surface area contributed by atoms with Crippen LogP contribution in [0.3, 0.4) is 0 Å². The van der Waals surface area contributed by atoms with Gasteiger partial charge < -0.3 is 9.64 Å². The predicted molar refractivity (Wildman–Crippen MR) is 71.1 cm³/mol. The Balaban J connectivity index is 2.18. The average Bonchev–Trinajstić information content (AvgIpc) is 2.39. The SMILES string of the molecule is COC1CCN(c2cc(Br)ccc2C#N)CC1. The lowest BCUT2D eigenvalue weighted by Crippen LogP contribution is -2.37. The normalized spacial score (nSPS) is 16.9. The zero-order chi connectivity index (χ0) is 12.3. The number of piperidine rings is 1. The van der Waals surface area contributed by atoms with Gasteiger partial charge in [-0.05, 0) is 31.0 Å². The van der Waals surface area contributed by atoms with Gasteiger partial charge in [0, 0.05) is 24.7 Å². The molecule has 1 heterocycles. The van der Waals surface area contributed by atoms with Crippen LogP contribution in [0.1, 0.15) is 18.4 Å². The summed E-state index contributed by atoms with van der Waals surface area (Å²) in [4.78, 5) is 2.26. The highest BCUT2D eigenvalue weighted by molar-refractivity contribution is 9.10.